The van der Waals surface area contributed by atoms with E-state index in [9.17, 15) is 9.59 Å². The zero-order chi connectivity index (χ0) is 19.1. The van der Waals surface area contributed by atoms with Gasteiger partial charge in [-0.15, -0.1) is 0 Å². The van der Waals surface area contributed by atoms with E-state index in [0.717, 1.165) is 0 Å². The second kappa shape index (κ2) is 9.10. The number of carbonyl (C=O) groups excluding carboxylic acids is 2. The van der Waals surface area contributed by atoms with Crippen molar-refractivity contribution in [3.05, 3.63) is 47.0 Å². The molecular weight excluding hydrogens is 358 g/mol. The van der Waals surface area contributed by atoms with Crippen molar-refractivity contribution in [3.63, 3.8) is 0 Å². The largest absolute Gasteiger partial charge is 0.496 e. The second-order valence-corrected chi connectivity index (χ2v) is 5.82. The molecule has 6 nitrogen and oxygen atoms in total. The van der Waals surface area contributed by atoms with E-state index >= 15 is 0 Å². The number of halogens is 1. The Morgan fingerprint density at radius 3 is 2.19 bits per heavy atom. The Labute approximate surface area is 157 Å². The zero-order valence-corrected chi connectivity index (χ0v) is 15.6. The maximum absolute atomic E-state index is 12.4. The van der Waals surface area contributed by atoms with E-state index in [0.29, 0.717) is 33.5 Å². The number of hydrogen-bond donors (Lipinski definition) is 1. The molecule has 0 fully saturated rings. The minimum Gasteiger partial charge on any atom is -0.496 e. The highest BCUT2D eigenvalue weighted by molar-refractivity contribution is 6.31. The van der Waals surface area contributed by atoms with Crippen molar-refractivity contribution in [1.29, 1.82) is 0 Å². The third-order valence-corrected chi connectivity index (χ3v) is 3.94. The van der Waals surface area contributed by atoms with Gasteiger partial charge in [0.2, 0.25) is 5.91 Å². The third-order valence-electron chi connectivity index (χ3n) is 3.71. The lowest BCUT2D eigenvalue weighted by molar-refractivity contribution is -0.116. The SMILES string of the molecule is COc1ccc(NC(=O)CCC(=O)c2cc(Cl)ccc2OC)cc1OC. The van der Waals surface area contributed by atoms with E-state index in [2.05, 4.69) is 5.32 Å². The molecule has 0 heterocycles. The lowest BCUT2D eigenvalue weighted by atomic mass is 10.1. The zero-order valence-electron chi connectivity index (χ0n) is 14.8. The normalized spacial score (nSPS) is 10.2. The van der Waals surface area contributed by atoms with Crippen LogP contribution in [0, 0.1) is 0 Å². The molecule has 0 unspecified atom stereocenters. The van der Waals surface area contributed by atoms with Crippen molar-refractivity contribution in [2.75, 3.05) is 26.6 Å². The predicted molar refractivity (Wildman–Crippen MR) is 99.7 cm³/mol. The van der Waals surface area contributed by atoms with Gasteiger partial charge >= 0.3 is 0 Å². The molecule has 0 aliphatic rings. The number of methoxy groups -OCH3 is 3. The fraction of sp³-hybridized carbons (Fsp3) is 0.263. The molecule has 0 aliphatic carbocycles. The fourth-order valence-corrected chi connectivity index (χ4v) is 2.57. The van der Waals surface area contributed by atoms with Gasteiger partial charge in [-0.3, -0.25) is 9.59 Å². The molecule has 0 saturated carbocycles. The second-order valence-electron chi connectivity index (χ2n) is 5.39. The molecule has 0 aliphatic heterocycles. The van der Waals surface area contributed by atoms with Crippen LogP contribution < -0.4 is 19.5 Å². The van der Waals surface area contributed by atoms with Crippen LogP contribution in [-0.4, -0.2) is 33.0 Å². The summed E-state index contributed by atoms with van der Waals surface area (Å²) in [5.41, 5.74) is 0.916. The van der Waals surface area contributed by atoms with E-state index in [1.165, 1.54) is 27.4 Å². The molecule has 0 spiro atoms. The van der Waals surface area contributed by atoms with Gasteiger partial charge in [0.1, 0.15) is 5.75 Å². The molecule has 2 rings (SSSR count). The van der Waals surface area contributed by atoms with Gasteiger partial charge in [-0.25, -0.2) is 0 Å². The lowest BCUT2D eigenvalue weighted by Gasteiger charge is -2.11. The summed E-state index contributed by atoms with van der Waals surface area (Å²) in [6.07, 6.45) is 0.0681. The number of rotatable bonds is 8. The Morgan fingerprint density at radius 1 is 0.885 bits per heavy atom. The minimum absolute atomic E-state index is 0.0306. The molecule has 2 aromatic carbocycles. The molecule has 7 heteroatoms. The van der Waals surface area contributed by atoms with Crippen LogP contribution in [-0.2, 0) is 4.79 Å². The molecule has 0 saturated heterocycles. The number of ketones is 1. The summed E-state index contributed by atoms with van der Waals surface area (Å²) in [5.74, 6) is 0.997. The summed E-state index contributed by atoms with van der Waals surface area (Å²) in [4.78, 5) is 24.5. The maximum atomic E-state index is 12.4. The summed E-state index contributed by atoms with van der Waals surface area (Å²) >= 11 is 5.93. The van der Waals surface area contributed by atoms with Crippen LogP contribution in [0.25, 0.3) is 0 Å². The smallest absolute Gasteiger partial charge is 0.224 e. The lowest BCUT2D eigenvalue weighted by Crippen LogP contribution is -2.14. The number of benzene rings is 2. The third kappa shape index (κ3) is 4.89. The van der Waals surface area contributed by atoms with Crippen molar-refractivity contribution >= 4 is 29.0 Å². The topological polar surface area (TPSA) is 73.9 Å². The number of anilines is 1. The van der Waals surface area contributed by atoms with Gasteiger partial charge in [0, 0.05) is 29.6 Å². The fourth-order valence-electron chi connectivity index (χ4n) is 2.40. The van der Waals surface area contributed by atoms with Crippen LogP contribution in [0.1, 0.15) is 23.2 Å². The first-order valence-corrected chi connectivity index (χ1v) is 8.25. The van der Waals surface area contributed by atoms with Gasteiger partial charge in [0.15, 0.2) is 17.3 Å². The summed E-state index contributed by atoms with van der Waals surface area (Å²) in [6, 6.07) is 9.84. The Hall–Kier alpha value is -2.73. The first kappa shape index (κ1) is 19.6. The van der Waals surface area contributed by atoms with E-state index in [1.54, 1.807) is 30.3 Å². The summed E-state index contributed by atoms with van der Waals surface area (Å²) in [7, 11) is 4.52. The molecule has 0 atom stereocenters. The molecule has 0 radical (unpaired) electrons. The molecule has 1 amide bonds. The van der Waals surface area contributed by atoms with Crippen LogP contribution >= 0.6 is 11.6 Å². The Bertz CT molecular complexity index is 807. The standard InChI is InChI=1S/C19H20ClNO5/c1-24-16-7-4-12(20)10-14(16)15(22)6-9-19(23)21-13-5-8-17(25-2)18(11-13)26-3/h4-5,7-8,10-11H,6,9H2,1-3H3,(H,21,23). The molecule has 26 heavy (non-hydrogen) atoms. The van der Waals surface area contributed by atoms with Crippen LogP contribution in [0.4, 0.5) is 5.69 Å². The van der Waals surface area contributed by atoms with Gasteiger partial charge in [-0.1, -0.05) is 11.6 Å². The van der Waals surface area contributed by atoms with E-state index < -0.39 is 0 Å². The van der Waals surface area contributed by atoms with Gasteiger partial charge in [0.05, 0.1) is 26.9 Å². The number of hydrogen-bond acceptors (Lipinski definition) is 5. The van der Waals surface area contributed by atoms with Crippen LogP contribution in [0.3, 0.4) is 0 Å². The first-order chi connectivity index (χ1) is 12.5. The molecule has 1 N–H and O–H groups in total. The highest BCUT2D eigenvalue weighted by Gasteiger charge is 2.15. The number of nitrogens with one attached hydrogen (secondary N) is 1. The summed E-state index contributed by atoms with van der Waals surface area (Å²) in [5, 5.41) is 3.16. The Morgan fingerprint density at radius 2 is 1.54 bits per heavy atom. The van der Waals surface area contributed by atoms with Gasteiger partial charge in [0.25, 0.3) is 0 Å². The number of amides is 1. The van der Waals surface area contributed by atoms with E-state index in [1.807, 2.05) is 0 Å². The molecular formula is C19H20ClNO5. The molecule has 138 valence electrons. The molecule has 2 aromatic rings. The maximum Gasteiger partial charge on any atom is 0.224 e. The predicted octanol–water partition coefficient (Wildman–Crippen LogP) is 3.97. The summed E-state index contributed by atoms with van der Waals surface area (Å²) < 4.78 is 15.5. The highest BCUT2D eigenvalue weighted by atomic mass is 35.5. The number of carbonyl (C=O) groups is 2. The van der Waals surface area contributed by atoms with E-state index in [4.69, 9.17) is 25.8 Å². The number of Topliss-reactive ketones (excluding diaryl/α,β-unsaturated/α-hetero) is 1. The van der Waals surface area contributed by atoms with Crippen LogP contribution in [0.15, 0.2) is 36.4 Å². The van der Waals surface area contributed by atoms with Gasteiger partial charge < -0.3 is 19.5 Å². The van der Waals surface area contributed by atoms with E-state index in [-0.39, 0.29) is 24.5 Å². The minimum atomic E-state index is -0.286. The van der Waals surface area contributed by atoms with Crippen LogP contribution in [0.5, 0.6) is 17.2 Å². The number of ether oxygens (including phenoxy) is 3. The molecule has 0 bridgehead atoms. The summed E-state index contributed by atoms with van der Waals surface area (Å²) in [6.45, 7) is 0. The first-order valence-electron chi connectivity index (χ1n) is 7.87. The van der Waals surface area contributed by atoms with Crippen molar-refractivity contribution in [2.24, 2.45) is 0 Å². The Balaban J connectivity index is 1.99. The highest BCUT2D eigenvalue weighted by Crippen LogP contribution is 2.30. The average molecular weight is 378 g/mol. The van der Waals surface area contributed by atoms with Crippen molar-refractivity contribution in [3.8, 4) is 17.2 Å². The van der Waals surface area contributed by atoms with Crippen LogP contribution in [0.2, 0.25) is 5.02 Å². The van der Waals surface area contributed by atoms with Gasteiger partial charge in [-0.05, 0) is 30.3 Å². The average Bonchev–Trinajstić information content (AvgIpc) is 2.65. The Kier molecular flexibility index (Phi) is 6.86. The van der Waals surface area contributed by atoms with Crippen molar-refractivity contribution in [2.45, 2.75) is 12.8 Å². The molecule has 0 aromatic heterocycles. The quantitative estimate of drug-likeness (QED) is 0.704. The van der Waals surface area contributed by atoms with Crippen molar-refractivity contribution in [1.82, 2.24) is 0 Å². The monoisotopic (exact) mass is 377 g/mol. The van der Waals surface area contributed by atoms with Gasteiger partial charge in [-0.2, -0.15) is 0 Å². The van der Waals surface area contributed by atoms with Crippen molar-refractivity contribution < 1.29 is 23.8 Å².